The van der Waals surface area contributed by atoms with E-state index in [0.717, 1.165) is 31.4 Å². The summed E-state index contributed by atoms with van der Waals surface area (Å²) < 4.78 is 0. The molecule has 0 spiro atoms. The largest absolute Gasteiger partial charge is 0.356 e. The SMILES string of the molecule is CN=C(NCCCN1CCCC(C)C1)NCc1ccc(C)cc1.I. The molecule has 4 nitrogen and oxygen atoms in total. The van der Waals surface area contributed by atoms with Crippen LogP contribution < -0.4 is 10.6 Å². The molecule has 24 heavy (non-hydrogen) atoms. The monoisotopic (exact) mass is 444 g/mol. The predicted octanol–water partition coefficient (Wildman–Crippen LogP) is 3.40. The number of aliphatic imine (C=N–C) groups is 1. The van der Waals surface area contributed by atoms with Crippen molar-refractivity contribution in [1.29, 1.82) is 0 Å². The lowest BCUT2D eigenvalue weighted by Gasteiger charge is -2.30. The van der Waals surface area contributed by atoms with Crippen molar-refractivity contribution in [2.45, 2.75) is 39.7 Å². The molecule has 1 heterocycles. The Labute approximate surface area is 164 Å². The first kappa shape index (κ1) is 21.2. The van der Waals surface area contributed by atoms with Crippen molar-refractivity contribution in [2.24, 2.45) is 10.9 Å². The van der Waals surface area contributed by atoms with Gasteiger partial charge in [-0.2, -0.15) is 0 Å². The maximum atomic E-state index is 4.30. The number of halogens is 1. The summed E-state index contributed by atoms with van der Waals surface area (Å²) in [5.41, 5.74) is 2.57. The Bertz CT molecular complexity index is 487. The van der Waals surface area contributed by atoms with Crippen molar-refractivity contribution < 1.29 is 0 Å². The van der Waals surface area contributed by atoms with Gasteiger partial charge in [0, 0.05) is 26.7 Å². The Morgan fingerprint density at radius 2 is 2.00 bits per heavy atom. The molecule has 5 heteroatoms. The minimum Gasteiger partial charge on any atom is -0.356 e. The minimum absolute atomic E-state index is 0. The molecule has 1 aliphatic heterocycles. The normalized spacial score (nSPS) is 18.8. The van der Waals surface area contributed by atoms with Crippen molar-refractivity contribution in [3.05, 3.63) is 35.4 Å². The van der Waals surface area contributed by atoms with Gasteiger partial charge in [-0.05, 0) is 50.8 Å². The maximum Gasteiger partial charge on any atom is 0.191 e. The number of rotatable bonds is 6. The van der Waals surface area contributed by atoms with Gasteiger partial charge in [-0.1, -0.05) is 36.8 Å². The van der Waals surface area contributed by atoms with Crippen LogP contribution in [0.5, 0.6) is 0 Å². The Balaban J connectivity index is 0.00000288. The second-order valence-corrected chi connectivity index (χ2v) is 6.74. The van der Waals surface area contributed by atoms with Gasteiger partial charge in [-0.15, -0.1) is 24.0 Å². The van der Waals surface area contributed by atoms with Crippen molar-refractivity contribution in [3.8, 4) is 0 Å². The molecular weight excluding hydrogens is 411 g/mol. The van der Waals surface area contributed by atoms with E-state index >= 15 is 0 Å². The van der Waals surface area contributed by atoms with Crippen LogP contribution in [0.25, 0.3) is 0 Å². The molecule has 2 N–H and O–H groups in total. The maximum absolute atomic E-state index is 4.30. The van der Waals surface area contributed by atoms with E-state index in [2.05, 4.69) is 58.6 Å². The molecule has 0 radical (unpaired) electrons. The quantitative estimate of drug-likeness (QED) is 0.306. The number of hydrogen-bond donors (Lipinski definition) is 2. The summed E-state index contributed by atoms with van der Waals surface area (Å²) in [5, 5.41) is 6.79. The third-order valence-electron chi connectivity index (χ3n) is 4.49. The number of piperidine rings is 1. The summed E-state index contributed by atoms with van der Waals surface area (Å²) in [6.07, 6.45) is 3.91. The van der Waals surface area contributed by atoms with Crippen molar-refractivity contribution >= 4 is 29.9 Å². The first-order valence-corrected chi connectivity index (χ1v) is 8.90. The fourth-order valence-electron chi connectivity index (χ4n) is 3.11. The highest BCUT2D eigenvalue weighted by molar-refractivity contribution is 14.0. The van der Waals surface area contributed by atoms with Crippen LogP contribution in [0.15, 0.2) is 29.3 Å². The molecular formula is C19H33IN4. The van der Waals surface area contributed by atoms with Crippen molar-refractivity contribution in [2.75, 3.05) is 33.2 Å². The Kier molecular flexibility index (Phi) is 10.3. The number of nitrogens with zero attached hydrogens (tertiary/aromatic N) is 2. The van der Waals surface area contributed by atoms with Crippen LogP contribution in [-0.2, 0) is 6.54 Å². The average molecular weight is 444 g/mol. The third-order valence-corrected chi connectivity index (χ3v) is 4.49. The average Bonchev–Trinajstić information content (AvgIpc) is 2.56. The summed E-state index contributed by atoms with van der Waals surface area (Å²) in [6.45, 7) is 9.97. The van der Waals surface area contributed by atoms with Crippen LogP contribution in [0, 0.1) is 12.8 Å². The van der Waals surface area contributed by atoms with E-state index in [1.165, 1.54) is 43.6 Å². The summed E-state index contributed by atoms with van der Waals surface area (Å²) in [4.78, 5) is 6.89. The van der Waals surface area contributed by atoms with Gasteiger partial charge in [0.15, 0.2) is 5.96 Å². The molecule has 0 aliphatic carbocycles. The van der Waals surface area contributed by atoms with Crippen LogP contribution >= 0.6 is 24.0 Å². The molecule has 0 saturated carbocycles. The fourth-order valence-corrected chi connectivity index (χ4v) is 3.11. The van der Waals surface area contributed by atoms with E-state index in [1.807, 2.05) is 7.05 Å². The first-order valence-electron chi connectivity index (χ1n) is 8.90. The van der Waals surface area contributed by atoms with Gasteiger partial charge in [0.05, 0.1) is 0 Å². The highest BCUT2D eigenvalue weighted by Crippen LogP contribution is 2.15. The Morgan fingerprint density at radius 3 is 2.67 bits per heavy atom. The molecule has 0 amide bonds. The summed E-state index contributed by atoms with van der Waals surface area (Å²) in [6, 6.07) is 8.61. The van der Waals surface area contributed by atoms with Gasteiger partial charge in [-0.25, -0.2) is 0 Å². The summed E-state index contributed by atoms with van der Waals surface area (Å²) in [7, 11) is 1.83. The zero-order valence-electron chi connectivity index (χ0n) is 15.3. The number of guanidine groups is 1. The third kappa shape index (κ3) is 7.83. The smallest absolute Gasteiger partial charge is 0.191 e. The van der Waals surface area contributed by atoms with Crippen LogP contribution in [-0.4, -0.2) is 44.1 Å². The highest BCUT2D eigenvalue weighted by atomic mass is 127. The lowest BCUT2D eigenvalue weighted by atomic mass is 10.0. The molecule has 1 aromatic rings. The van der Waals surface area contributed by atoms with E-state index in [9.17, 15) is 0 Å². The van der Waals surface area contributed by atoms with Gasteiger partial charge in [0.1, 0.15) is 0 Å². The molecule has 2 rings (SSSR count). The topological polar surface area (TPSA) is 39.7 Å². The molecule has 0 bridgehead atoms. The van der Waals surface area contributed by atoms with Crippen molar-refractivity contribution in [1.82, 2.24) is 15.5 Å². The molecule has 1 aliphatic rings. The van der Waals surface area contributed by atoms with E-state index in [-0.39, 0.29) is 24.0 Å². The van der Waals surface area contributed by atoms with Gasteiger partial charge < -0.3 is 15.5 Å². The van der Waals surface area contributed by atoms with Gasteiger partial charge in [0.2, 0.25) is 0 Å². The van der Waals surface area contributed by atoms with E-state index in [0.29, 0.717) is 0 Å². The number of aryl methyl sites for hydroxylation is 1. The van der Waals surface area contributed by atoms with E-state index in [1.54, 1.807) is 0 Å². The summed E-state index contributed by atoms with van der Waals surface area (Å²) in [5.74, 6) is 1.75. The van der Waals surface area contributed by atoms with Gasteiger partial charge in [0.25, 0.3) is 0 Å². The fraction of sp³-hybridized carbons (Fsp3) is 0.632. The summed E-state index contributed by atoms with van der Waals surface area (Å²) >= 11 is 0. The number of likely N-dealkylation sites (tertiary alicyclic amines) is 1. The zero-order chi connectivity index (χ0) is 16.5. The number of nitrogens with one attached hydrogen (secondary N) is 2. The van der Waals surface area contributed by atoms with Gasteiger partial charge in [-0.3, -0.25) is 4.99 Å². The Morgan fingerprint density at radius 1 is 1.25 bits per heavy atom. The van der Waals surface area contributed by atoms with E-state index in [4.69, 9.17) is 0 Å². The lowest BCUT2D eigenvalue weighted by molar-refractivity contribution is 0.182. The van der Waals surface area contributed by atoms with Crippen molar-refractivity contribution in [3.63, 3.8) is 0 Å². The van der Waals surface area contributed by atoms with Crippen LogP contribution in [0.3, 0.4) is 0 Å². The van der Waals surface area contributed by atoms with Crippen LogP contribution in [0.4, 0.5) is 0 Å². The number of benzene rings is 1. The number of hydrogen-bond acceptors (Lipinski definition) is 2. The first-order chi connectivity index (χ1) is 11.2. The molecule has 1 unspecified atom stereocenters. The predicted molar refractivity (Wildman–Crippen MR) is 114 cm³/mol. The van der Waals surface area contributed by atoms with Crippen LogP contribution in [0.2, 0.25) is 0 Å². The standard InChI is InChI=1S/C19H32N4.HI/c1-16-7-9-18(10-8-16)14-22-19(20-3)21-11-5-13-23-12-4-6-17(2)15-23;/h7-10,17H,4-6,11-15H2,1-3H3,(H2,20,21,22);1H. The van der Waals surface area contributed by atoms with Gasteiger partial charge >= 0.3 is 0 Å². The second-order valence-electron chi connectivity index (χ2n) is 6.74. The minimum atomic E-state index is 0. The lowest BCUT2D eigenvalue weighted by Crippen LogP contribution is -2.39. The molecule has 1 aromatic carbocycles. The van der Waals surface area contributed by atoms with Crippen LogP contribution in [0.1, 0.15) is 37.3 Å². The highest BCUT2D eigenvalue weighted by Gasteiger charge is 2.15. The zero-order valence-corrected chi connectivity index (χ0v) is 17.7. The second kappa shape index (κ2) is 11.7. The molecule has 0 aromatic heterocycles. The molecule has 1 saturated heterocycles. The van der Waals surface area contributed by atoms with E-state index < -0.39 is 0 Å². The Hall–Kier alpha value is -0.820. The molecule has 136 valence electrons. The molecule has 1 fully saturated rings. The molecule has 1 atom stereocenters.